The highest BCUT2D eigenvalue weighted by Crippen LogP contribution is 2.04. The first kappa shape index (κ1) is 12.0. The Labute approximate surface area is 104 Å². The first-order valence-corrected chi connectivity index (χ1v) is 5.34. The van der Waals surface area contributed by atoms with Gasteiger partial charge in [-0.3, -0.25) is 4.98 Å². The molecule has 0 saturated heterocycles. The van der Waals surface area contributed by atoms with E-state index in [9.17, 15) is 4.79 Å². The van der Waals surface area contributed by atoms with Crippen molar-refractivity contribution in [3.05, 3.63) is 48.0 Å². The van der Waals surface area contributed by atoms with E-state index < -0.39 is 5.97 Å². The fraction of sp³-hybridized carbons (Fsp3) is 0.167. The van der Waals surface area contributed by atoms with Crippen LogP contribution in [0.4, 0.5) is 5.95 Å². The number of nitrogens with one attached hydrogen (secondary N) is 1. The molecular weight excluding hydrogens is 232 g/mol. The molecule has 0 aliphatic rings. The van der Waals surface area contributed by atoms with Crippen LogP contribution in [0.2, 0.25) is 0 Å². The molecule has 1 N–H and O–H groups in total. The van der Waals surface area contributed by atoms with Gasteiger partial charge in [-0.05, 0) is 17.7 Å². The third-order valence-electron chi connectivity index (χ3n) is 2.22. The largest absolute Gasteiger partial charge is 0.464 e. The molecule has 2 aromatic rings. The second-order valence-electron chi connectivity index (χ2n) is 3.47. The second kappa shape index (κ2) is 5.72. The van der Waals surface area contributed by atoms with Crippen LogP contribution in [0.3, 0.4) is 0 Å². The lowest BCUT2D eigenvalue weighted by Gasteiger charge is -2.05. The average Bonchev–Trinajstić information content (AvgIpc) is 2.45. The standard InChI is InChI=1S/C12H12N4O2/c1-18-11(17)10-4-6-14-12(16-10)15-8-9-3-2-5-13-7-9/h2-7H,8H2,1H3,(H,14,15,16). The van der Waals surface area contributed by atoms with Gasteiger partial charge in [0.05, 0.1) is 7.11 Å². The zero-order chi connectivity index (χ0) is 12.8. The van der Waals surface area contributed by atoms with Crippen molar-refractivity contribution in [3.63, 3.8) is 0 Å². The fourth-order valence-electron chi connectivity index (χ4n) is 1.35. The predicted octanol–water partition coefficient (Wildman–Crippen LogP) is 1.27. The van der Waals surface area contributed by atoms with E-state index >= 15 is 0 Å². The summed E-state index contributed by atoms with van der Waals surface area (Å²) in [4.78, 5) is 23.4. The van der Waals surface area contributed by atoms with E-state index in [1.165, 1.54) is 19.4 Å². The van der Waals surface area contributed by atoms with Crippen LogP contribution in [0.15, 0.2) is 36.8 Å². The smallest absolute Gasteiger partial charge is 0.356 e. The summed E-state index contributed by atoms with van der Waals surface area (Å²) >= 11 is 0. The minimum Gasteiger partial charge on any atom is -0.464 e. The Morgan fingerprint density at radius 3 is 3.00 bits per heavy atom. The number of rotatable bonds is 4. The minimum atomic E-state index is -0.484. The van der Waals surface area contributed by atoms with Crippen LogP contribution in [0, 0.1) is 0 Å². The molecule has 18 heavy (non-hydrogen) atoms. The number of aromatic nitrogens is 3. The Morgan fingerprint density at radius 1 is 1.39 bits per heavy atom. The van der Waals surface area contributed by atoms with E-state index in [4.69, 9.17) is 0 Å². The van der Waals surface area contributed by atoms with Crippen molar-refractivity contribution in [2.45, 2.75) is 6.54 Å². The normalized spacial score (nSPS) is 9.83. The van der Waals surface area contributed by atoms with Crippen molar-refractivity contribution in [3.8, 4) is 0 Å². The predicted molar refractivity (Wildman–Crippen MR) is 64.9 cm³/mol. The van der Waals surface area contributed by atoms with Gasteiger partial charge in [0, 0.05) is 25.1 Å². The number of ether oxygens (including phenoxy) is 1. The van der Waals surface area contributed by atoms with Gasteiger partial charge in [-0.15, -0.1) is 0 Å². The highest BCUT2D eigenvalue weighted by molar-refractivity contribution is 5.87. The van der Waals surface area contributed by atoms with Crippen LogP contribution < -0.4 is 5.32 Å². The first-order valence-electron chi connectivity index (χ1n) is 5.34. The molecule has 92 valence electrons. The lowest BCUT2D eigenvalue weighted by atomic mass is 10.3. The van der Waals surface area contributed by atoms with Gasteiger partial charge in [0.25, 0.3) is 0 Å². The first-order chi connectivity index (χ1) is 8.79. The summed E-state index contributed by atoms with van der Waals surface area (Å²) in [5.41, 5.74) is 1.23. The molecule has 0 amide bonds. The number of methoxy groups -OCH3 is 1. The van der Waals surface area contributed by atoms with Crippen LogP contribution in [0.5, 0.6) is 0 Å². The van der Waals surface area contributed by atoms with E-state index in [1.54, 1.807) is 12.4 Å². The number of carbonyl (C=O) groups excluding carboxylic acids is 1. The Hall–Kier alpha value is -2.50. The number of nitrogens with zero attached hydrogens (tertiary/aromatic N) is 3. The van der Waals surface area contributed by atoms with E-state index in [-0.39, 0.29) is 5.69 Å². The Balaban J connectivity index is 2.04. The summed E-state index contributed by atoms with van der Waals surface area (Å²) in [5, 5.41) is 3.01. The van der Waals surface area contributed by atoms with Gasteiger partial charge >= 0.3 is 5.97 Å². The van der Waals surface area contributed by atoms with Crippen LogP contribution in [-0.2, 0) is 11.3 Å². The van der Waals surface area contributed by atoms with Crippen molar-refractivity contribution in [1.29, 1.82) is 0 Å². The van der Waals surface area contributed by atoms with Gasteiger partial charge in [-0.25, -0.2) is 14.8 Å². The van der Waals surface area contributed by atoms with Crippen LogP contribution in [0.1, 0.15) is 16.1 Å². The Kier molecular flexibility index (Phi) is 3.80. The summed E-state index contributed by atoms with van der Waals surface area (Å²) in [6.07, 6.45) is 4.96. The van der Waals surface area contributed by atoms with Gasteiger partial charge in [0.15, 0.2) is 5.69 Å². The minimum absolute atomic E-state index is 0.223. The highest BCUT2D eigenvalue weighted by atomic mass is 16.5. The number of hydrogen-bond donors (Lipinski definition) is 1. The molecule has 2 rings (SSSR count). The van der Waals surface area contributed by atoms with Gasteiger partial charge in [0.2, 0.25) is 5.95 Å². The maximum Gasteiger partial charge on any atom is 0.356 e. The Morgan fingerprint density at radius 2 is 2.28 bits per heavy atom. The molecule has 0 aliphatic carbocycles. The molecule has 0 saturated carbocycles. The van der Waals surface area contributed by atoms with E-state index in [2.05, 4.69) is 25.0 Å². The molecule has 0 aromatic carbocycles. The van der Waals surface area contributed by atoms with Crippen LogP contribution >= 0.6 is 0 Å². The third-order valence-corrected chi connectivity index (χ3v) is 2.22. The zero-order valence-corrected chi connectivity index (χ0v) is 9.83. The van der Waals surface area contributed by atoms with Crippen LogP contribution in [0.25, 0.3) is 0 Å². The van der Waals surface area contributed by atoms with Gasteiger partial charge in [-0.1, -0.05) is 6.07 Å². The van der Waals surface area contributed by atoms with Crippen molar-refractivity contribution < 1.29 is 9.53 Å². The third kappa shape index (κ3) is 3.00. The molecule has 2 heterocycles. The molecule has 6 heteroatoms. The van der Waals surface area contributed by atoms with Crippen molar-refractivity contribution in [2.75, 3.05) is 12.4 Å². The monoisotopic (exact) mass is 244 g/mol. The maximum atomic E-state index is 11.3. The van der Waals surface area contributed by atoms with Crippen molar-refractivity contribution >= 4 is 11.9 Å². The van der Waals surface area contributed by atoms with E-state index in [0.717, 1.165) is 5.56 Å². The second-order valence-corrected chi connectivity index (χ2v) is 3.47. The summed E-state index contributed by atoms with van der Waals surface area (Å²) in [5.74, 6) is -0.108. The quantitative estimate of drug-likeness (QED) is 0.816. The fourth-order valence-corrected chi connectivity index (χ4v) is 1.35. The number of esters is 1. The Bertz CT molecular complexity index is 531. The average molecular weight is 244 g/mol. The van der Waals surface area contributed by atoms with Crippen LogP contribution in [-0.4, -0.2) is 28.0 Å². The summed E-state index contributed by atoms with van der Waals surface area (Å²) < 4.78 is 4.59. The van der Waals surface area contributed by atoms with Gasteiger partial charge < -0.3 is 10.1 Å². The van der Waals surface area contributed by atoms with Gasteiger partial charge in [0.1, 0.15) is 0 Å². The summed E-state index contributed by atoms with van der Waals surface area (Å²) in [6, 6.07) is 5.29. The molecule has 0 aliphatic heterocycles. The molecule has 0 spiro atoms. The maximum absolute atomic E-state index is 11.3. The summed E-state index contributed by atoms with van der Waals surface area (Å²) in [7, 11) is 1.31. The number of carbonyl (C=O) groups is 1. The molecular formula is C12H12N4O2. The van der Waals surface area contributed by atoms with Crippen molar-refractivity contribution in [2.24, 2.45) is 0 Å². The number of hydrogen-bond acceptors (Lipinski definition) is 6. The summed E-state index contributed by atoms with van der Waals surface area (Å²) in [6.45, 7) is 0.540. The molecule has 0 fully saturated rings. The molecule has 6 nitrogen and oxygen atoms in total. The highest BCUT2D eigenvalue weighted by Gasteiger charge is 2.07. The van der Waals surface area contributed by atoms with E-state index in [1.807, 2.05) is 12.1 Å². The molecule has 0 unspecified atom stereocenters. The zero-order valence-electron chi connectivity index (χ0n) is 9.83. The topological polar surface area (TPSA) is 77.0 Å². The van der Waals surface area contributed by atoms with Gasteiger partial charge in [-0.2, -0.15) is 0 Å². The molecule has 2 aromatic heterocycles. The molecule has 0 radical (unpaired) electrons. The molecule has 0 bridgehead atoms. The SMILES string of the molecule is COC(=O)c1ccnc(NCc2cccnc2)n1. The lowest BCUT2D eigenvalue weighted by Crippen LogP contribution is -2.09. The van der Waals surface area contributed by atoms with Crippen molar-refractivity contribution in [1.82, 2.24) is 15.0 Å². The number of anilines is 1. The van der Waals surface area contributed by atoms with E-state index in [0.29, 0.717) is 12.5 Å². The lowest BCUT2D eigenvalue weighted by molar-refractivity contribution is 0.0594. The molecule has 0 atom stereocenters. The number of pyridine rings is 1.